The van der Waals surface area contributed by atoms with Crippen molar-refractivity contribution in [2.45, 2.75) is 52.1 Å². The van der Waals surface area contributed by atoms with Crippen LogP contribution in [-0.2, 0) is 21.1 Å². The second kappa shape index (κ2) is 12.0. The fourth-order valence-corrected chi connectivity index (χ4v) is 11.6. The monoisotopic (exact) mass is 566 g/mol. The average molecular weight is 567 g/mol. The molecule has 0 aliphatic carbocycles. The van der Waals surface area contributed by atoms with E-state index in [0.29, 0.717) is 6.16 Å². The van der Waals surface area contributed by atoms with Crippen molar-refractivity contribution in [1.82, 2.24) is 9.97 Å². The second-order valence-electron chi connectivity index (χ2n) is 9.52. The molecule has 0 N–H and O–H groups in total. The maximum atomic E-state index is 14.6. The molecule has 3 nitrogen and oxygen atoms in total. The molecule has 2 aromatic carbocycles. The van der Waals surface area contributed by atoms with Crippen molar-refractivity contribution in [2.75, 3.05) is 6.16 Å². The molecule has 0 spiro atoms. The summed E-state index contributed by atoms with van der Waals surface area (Å²) in [6.45, 7) is 6.69. The summed E-state index contributed by atoms with van der Waals surface area (Å²) in [5, 5.41) is 3.42. The number of aromatic nitrogens is 2. The van der Waals surface area contributed by atoms with Crippen molar-refractivity contribution >= 4 is 31.7 Å². The fourth-order valence-electron chi connectivity index (χ4n) is 5.44. The molecule has 3 heterocycles. The number of hydrogen-bond acceptors (Lipinski definition) is 3. The average Bonchev–Trinajstić information content (AvgIpc) is 3.17. The second-order valence-corrected chi connectivity index (χ2v) is 15.2. The third kappa shape index (κ3) is 5.19. The summed E-state index contributed by atoms with van der Waals surface area (Å²) in [6, 6.07) is 28.7. The van der Waals surface area contributed by atoms with Crippen molar-refractivity contribution in [3.63, 3.8) is 0 Å². The van der Waals surface area contributed by atoms with E-state index in [4.69, 9.17) is 4.98 Å². The molecule has 193 valence electrons. The summed E-state index contributed by atoms with van der Waals surface area (Å²) in [5.74, 6) is 0. The summed E-state index contributed by atoms with van der Waals surface area (Å²) in [7, 11) is -3.44. The summed E-state index contributed by atoms with van der Waals surface area (Å²) in [6.07, 6.45) is 5.76. The van der Waals surface area contributed by atoms with Gasteiger partial charge in [-0.15, -0.1) is 24.3 Å². The molecule has 6 heteroatoms. The fraction of sp³-hybridized carbons (Fsp3) is 0.290. The molecule has 37 heavy (non-hydrogen) atoms. The van der Waals surface area contributed by atoms with Gasteiger partial charge in [-0.25, -0.2) is 0 Å². The van der Waals surface area contributed by atoms with Crippen LogP contribution in [0.5, 0.6) is 0 Å². The van der Waals surface area contributed by atoms with E-state index in [1.807, 2.05) is 36.4 Å². The molecule has 2 aromatic heterocycles. The van der Waals surface area contributed by atoms with Crippen molar-refractivity contribution in [1.29, 1.82) is 0 Å². The maximum absolute atomic E-state index is 14.6. The number of hydrogen-bond donors (Lipinski definition) is 0. The molecule has 1 aliphatic rings. The topological polar surface area (TPSA) is 42.9 Å². The van der Waals surface area contributed by atoms with Gasteiger partial charge in [-0.3, -0.25) is 9.97 Å². The van der Waals surface area contributed by atoms with Gasteiger partial charge in [-0.2, -0.15) is 0 Å². The Labute approximate surface area is 233 Å². The largest absolute Gasteiger partial charge is 0.314 e. The molecule has 5 rings (SSSR count). The Balaban J connectivity index is 0.00000320. The SMILES string of the molecule is CCC[Si](CCC)c1cccc2c1-c1nc(-c3[c-]c(-c4ccccn4)ccc3)ccc1P2(=O)CCC.[Ni]. The number of rotatable bonds is 9. The zero-order valence-corrected chi connectivity index (χ0v) is 24.6. The van der Waals surface area contributed by atoms with Crippen LogP contribution in [0.3, 0.4) is 0 Å². The van der Waals surface area contributed by atoms with Crippen LogP contribution in [0.25, 0.3) is 33.8 Å². The first-order valence-corrected chi connectivity index (χ1v) is 16.9. The molecule has 4 aromatic rings. The van der Waals surface area contributed by atoms with Crippen LogP contribution in [0.15, 0.2) is 72.9 Å². The Hall–Kier alpha value is -2.32. The smallest absolute Gasteiger partial charge is 0.146 e. The Morgan fingerprint density at radius 3 is 2.19 bits per heavy atom. The normalized spacial score (nSPS) is 15.8. The Morgan fingerprint density at radius 1 is 0.784 bits per heavy atom. The van der Waals surface area contributed by atoms with E-state index in [9.17, 15) is 4.57 Å². The first-order chi connectivity index (χ1) is 17.6. The maximum Gasteiger partial charge on any atom is 0.146 e. The third-order valence-corrected chi connectivity index (χ3v) is 13.7. The number of nitrogens with zero attached hydrogens (tertiary/aromatic N) is 2. The first kappa shape index (κ1) is 27.7. The van der Waals surface area contributed by atoms with Gasteiger partial charge in [-0.05, 0) is 12.5 Å². The molecule has 1 radical (unpaired) electrons. The van der Waals surface area contributed by atoms with Gasteiger partial charge < -0.3 is 4.57 Å². The van der Waals surface area contributed by atoms with Gasteiger partial charge in [0.25, 0.3) is 0 Å². The van der Waals surface area contributed by atoms with E-state index in [-0.39, 0.29) is 16.5 Å². The molecule has 1 unspecified atom stereocenters. The van der Waals surface area contributed by atoms with E-state index in [2.05, 4.69) is 62.2 Å². The summed E-state index contributed by atoms with van der Waals surface area (Å²) in [4.78, 5) is 9.72. The van der Waals surface area contributed by atoms with Crippen molar-refractivity contribution in [3.8, 4) is 33.8 Å². The van der Waals surface area contributed by atoms with Crippen LogP contribution in [0.2, 0.25) is 12.1 Å². The van der Waals surface area contributed by atoms with Crippen LogP contribution in [-0.4, -0.2) is 24.9 Å². The van der Waals surface area contributed by atoms with Gasteiger partial charge in [-0.1, -0.05) is 104 Å². The molecule has 0 bridgehead atoms. The molecular weight excluding hydrogens is 534 g/mol. The van der Waals surface area contributed by atoms with Gasteiger partial charge in [0, 0.05) is 56.4 Å². The number of fused-ring (bicyclic) bond motifs is 3. The minimum Gasteiger partial charge on any atom is -0.314 e. The van der Waals surface area contributed by atoms with Gasteiger partial charge in [0.2, 0.25) is 0 Å². The molecule has 1 aliphatic heterocycles. The first-order valence-electron chi connectivity index (χ1n) is 13.1. The molecule has 0 saturated heterocycles. The van der Waals surface area contributed by atoms with Crippen molar-refractivity contribution in [2.24, 2.45) is 0 Å². The van der Waals surface area contributed by atoms with Crippen molar-refractivity contribution < 1.29 is 21.1 Å². The van der Waals surface area contributed by atoms with Gasteiger partial charge in [0.1, 0.15) is 7.14 Å². The van der Waals surface area contributed by atoms with Crippen LogP contribution >= 0.6 is 7.14 Å². The van der Waals surface area contributed by atoms with E-state index in [1.165, 1.54) is 35.7 Å². The molecule has 1 atom stereocenters. The zero-order valence-electron chi connectivity index (χ0n) is 21.7. The minimum absolute atomic E-state index is 0. The Bertz CT molecular complexity index is 1420. The summed E-state index contributed by atoms with van der Waals surface area (Å²) in [5.41, 5.74) is 5.78. The minimum atomic E-state index is -2.69. The van der Waals surface area contributed by atoms with Crippen LogP contribution in [0.1, 0.15) is 40.0 Å². The van der Waals surface area contributed by atoms with E-state index < -0.39 is 15.9 Å². The molecular formula is C31H33N2NiOPSi-. The number of pyridine rings is 2. The van der Waals surface area contributed by atoms with E-state index in [0.717, 1.165) is 45.2 Å². The van der Waals surface area contributed by atoms with Crippen LogP contribution in [0.4, 0.5) is 0 Å². The van der Waals surface area contributed by atoms with Crippen LogP contribution < -0.4 is 15.8 Å². The zero-order chi connectivity index (χ0) is 25.1. The van der Waals surface area contributed by atoms with E-state index >= 15 is 0 Å². The molecule has 0 amide bonds. The van der Waals surface area contributed by atoms with Gasteiger partial charge >= 0.3 is 0 Å². The van der Waals surface area contributed by atoms with E-state index in [1.54, 1.807) is 6.20 Å². The molecule has 0 fully saturated rings. The Kier molecular flexibility index (Phi) is 9.01. The molecule has 0 saturated carbocycles. The van der Waals surface area contributed by atoms with Crippen LogP contribution in [0, 0.1) is 6.07 Å². The summed E-state index contributed by atoms with van der Waals surface area (Å²) >= 11 is 0. The quantitative estimate of drug-likeness (QED) is 0.127. The Morgan fingerprint density at radius 2 is 1.51 bits per heavy atom. The predicted molar refractivity (Wildman–Crippen MR) is 155 cm³/mol. The predicted octanol–water partition coefficient (Wildman–Crippen LogP) is 6.83. The number of benzene rings is 2. The van der Waals surface area contributed by atoms with Crippen molar-refractivity contribution in [3.05, 3.63) is 79.0 Å². The summed E-state index contributed by atoms with van der Waals surface area (Å²) < 4.78 is 14.6. The third-order valence-electron chi connectivity index (χ3n) is 6.97. The standard InChI is InChI=1S/C31H33N2OPSi.Ni/c1-4-19-35(34)27-14-10-15-29(36(20-5-2)21-6-3)30(27)31-28(35)17-16-26(33-31)24-12-9-11-23(22-24)25-13-7-8-18-32-25;/h7-18H,4-6,19-21H2,1-3H3;/q-1;. The van der Waals surface area contributed by atoms with Gasteiger partial charge in [0.15, 0.2) is 0 Å². The van der Waals surface area contributed by atoms with Gasteiger partial charge in [0.05, 0.1) is 14.5 Å².